The van der Waals surface area contributed by atoms with Crippen molar-refractivity contribution >= 4 is 26.3 Å². The molecule has 0 spiro atoms. The molecule has 2 nitrogen and oxygen atoms in total. The fraction of sp³-hybridized carbons (Fsp3) is 0.240. The first-order valence-corrected chi connectivity index (χ1v) is 11.5. The van der Waals surface area contributed by atoms with E-state index in [1.165, 1.54) is 44.8 Å². The summed E-state index contributed by atoms with van der Waals surface area (Å²) in [4.78, 5) is 4.42. The van der Waals surface area contributed by atoms with E-state index in [9.17, 15) is 0 Å². The third-order valence-electron chi connectivity index (χ3n) is 6.12. The Balaban J connectivity index is 0.00000117. The first-order valence-electron chi connectivity index (χ1n) is 9.64. The molecule has 29 heavy (non-hydrogen) atoms. The molecule has 0 unspecified atom stereocenters. The van der Waals surface area contributed by atoms with Gasteiger partial charge in [-0.3, -0.25) is 0 Å². The van der Waals surface area contributed by atoms with E-state index in [1.54, 1.807) is 0 Å². The summed E-state index contributed by atoms with van der Waals surface area (Å²) in [7, 11) is 4.45. The van der Waals surface area contributed by atoms with Crippen molar-refractivity contribution in [2.24, 2.45) is 0 Å². The van der Waals surface area contributed by atoms with Gasteiger partial charge in [-0.2, -0.15) is 0 Å². The van der Waals surface area contributed by atoms with Crippen LogP contribution < -0.4 is 9.80 Å². The van der Waals surface area contributed by atoms with E-state index in [0.29, 0.717) is 0 Å². The molecule has 0 N–H and O–H groups in total. The molecular weight excluding hydrogens is 472 g/mol. The molecule has 1 heterocycles. The minimum absolute atomic E-state index is 0.833. The van der Waals surface area contributed by atoms with Gasteiger partial charge in [-0.25, -0.2) is 0 Å². The summed E-state index contributed by atoms with van der Waals surface area (Å²) in [6.07, 6.45) is 0. The van der Waals surface area contributed by atoms with Crippen molar-refractivity contribution in [1.82, 2.24) is 0 Å². The second-order valence-electron chi connectivity index (χ2n) is 7.45. The van der Waals surface area contributed by atoms with Crippen molar-refractivity contribution in [2.45, 2.75) is 41.2 Å². The molecule has 0 fully saturated rings. The van der Waals surface area contributed by atoms with Crippen molar-refractivity contribution in [3.05, 3.63) is 94.6 Å². The van der Waals surface area contributed by atoms with Crippen LogP contribution in [0.25, 0.3) is 0 Å². The van der Waals surface area contributed by atoms with Gasteiger partial charge in [0.05, 0.1) is 11.4 Å². The van der Waals surface area contributed by atoms with Gasteiger partial charge in [0.1, 0.15) is 0 Å². The van der Waals surface area contributed by atoms with Gasteiger partial charge in [0.2, 0.25) is 6.67 Å². The monoisotopic (exact) mass is 496 g/mol. The predicted octanol–water partition coefficient (Wildman–Crippen LogP) is 7.07. The second-order valence-corrected chi connectivity index (χ2v) is 7.45. The summed E-state index contributed by atoms with van der Waals surface area (Å²) in [5.41, 5.74) is 11.9. The van der Waals surface area contributed by atoms with E-state index in [0.717, 1.165) is 12.2 Å². The van der Waals surface area contributed by atoms with Gasteiger partial charge >= 0.3 is 29.2 Å². The van der Waals surface area contributed by atoms with Gasteiger partial charge in [0.25, 0.3) is 0 Å². The Morgan fingerprint density at radius 3 is 1.76 bits per heavy atom. The number of halogens is 1. The number of fused-ring (bicyclic) bond motifs is 1. The summed E-state index contributed by atoms with van der Waals surface area (Å²) in [5.74, 6) is 0. The zero-order chi connectivity index (χ0) is 21.1. The van der Waals surface area contributed by atoms with Gasteiger partial charge in [-0.15, -0.1) is 0 Å². The Bertz CT molecular complexity index is 972. The van der Waals surface area contributed by atoms with Crippen molar-refractivity contribution in [1.29, 1.82) is 0 Å². The quantitative estimate of drug-likeness (QED) is 0.357. The number of hydrogen-bond acceptors (Lipinski definition) is 2. The van der Waals surface area contributed by atoms with Gasteiger partial charge in [0.15, 0.2) is 0 Å². The van der Waals surface area contributed by atoms with E-state index in [4.69, 9.17) is 0 Å². The molecule has 1 aliphatic rings. The molecule has 1 aliphatic heterocycles. The molecule has 0 aliphatic carbocycles. The molecule has 2 radical (unpaired) electrons. The van der Waals surface area contributed by atoms with Crippen LogP contribution in [0.1, 0.15) is 33.4 Å². The van der Waals surface area contributed by atoms with E-state index in [2.05, 4.69) is 129 Å². The molecule has 0 aromatic heterocycles. The molecule has 0 bridgehead atoms. The van der Waals surface area contributed by atoms with Crippen LogP contribution in [0.3, 0.4) is 0 Å². The van der Waals surface area contributed by atoms with E-state index in [1.807, 2.05) is 6.07 Å². The molecule has 3 aromatic carbocycles. The molecule has 4 heteroatoms. The first kappa shape index (κ1) is 22.0. The first-order chi connectivity index (χ1) is 14.0. The average Bonchev–Trinajstić information content (AvgIpc) is 3.14. The van der Waals surface area contributed by atoms with E-state index in [-0.39, 0.29) is 0 Å². The third kappa shape index (κ3) is 4.13. The van der Waals surface area contributed by atoms with Gasteiger partial charge in [0, 0.05) is 12.2 Å². The minimum atomic E-state index is 0.833. The molecule has 154 valence electrons. The standard InChI is InChI=1S/C25H26N2.Ag.ClH/c1-17-18(2)20(4)23(21(5)19(17)3)15-26-16-27(22-11-7-6-8-12-22)25-14-10-9-13-24(25)26;;/h6-14H,15H2,1-5H3;;1H/q;+1;/p-1. The normalized spacial score (nSPS) is 12.6. The molecule has 0 amide bonds. The van der Waals surface area contributed by atoms with E-state index < -0.39 is 0 Å². The number of rotatable bonds is 3. The number of anilines is 3. The Kier molecular flexibility index (Phi) is 7.13. The maximum absolute atomic E-state index is 4.45. The molecule has 3 aromatic rings. The van der Waals surface area contributed by atoms with Gasteiger partial charge in [-0.1, -0.05) is 30.3 Å². The maximum atomic E-state index is 4.45. The Hall–Kier alpha value is -1.71. The van der Waals surface area contributed by atoms with Crippen molar-refractivity contribution in [2.75, 3.05) is 9.80 Å². The molecule has 0 saturated carbocycles. The van der Waals surface area contributed by atoms with E-state index >= 15 is 0 Å². The fourth-order valence-corrected chi connectivity index (χ4v) is 3.98. The van der Waals surface area contributed by atoms with Crippen LogP contribution in [0.5, 0.6) is 0 Å². The number of hydrogen-bond donors (Lipinski definition) is 0. The summed E-state index contributed by atoms with van der Waals surface area (Å²) >= 11 is 2.42. The van der Waals surface area contributed by atoms with Crippen LogP contribution in [0.2, 0.25) is 0 Å². The number of benzene rings is 3. The summed E-state index contributed by atoms with van der Waals surface area (Å²) < 4.78 is 0. The number of para-hydroxylation sites is 3. The van der Waals surface area contributed by atoms with Crippen LogP contribution in [0.4, 0.5) is 17.1 Å². The zero-order valence-corrected chi connectivity index (χ0v) is 19.7. The molecular formula is C25H26AgClN2. The summed E-state index contributed by atoms with van der Waals surface area (Å²) in [5, 5.41) is 0. The molecule has 4 rings (SSSR count). The topological polar surface area (TPSA) is 6.48 Å². The van der Waals surface area contributed by atoms with Crippen molar-refractivity contribution < 1.29 is 20.0 Å². The van der Waals surface area contributed by atoms with Crippen molar-refractivity contribution in [3.63, 3.8) is 0 Å². The van der Waals surface area contributed by atoms with Gasteiger partial charge in [-0.05, 0) is 92.3 Å². The zero-order valence-electron chi connectivity index (χ0n) is 17.5. The van der Waals surface area contributed by atoms with Crippen LogP contribution >= 0.6 is 9.19 Å². The predicted molar refractivity (Wildman–Crippen MR) is 120 cm³/mol. The van der Waals surface area contributed by atoms with Gasteiger partial charge < -0.3 is 9.80 Å². The fourth-order valence-electron chi connectivity index (χ4n) is 3.98. The van der Waals surface area contributed by atoms with Crippen molar-refractivity contribution in [3.8, 4) is 0 Å². The molecule has 0 saturated heterocycles. The number of nitrogens with zero attached hydrogens (tertiary/aromatic N) is 2. The Morgan fingerprint density at radius 1 is 0.690 bits per heavy atom. The van der Waals surface area contributed by atoms with Crippen LogP contribution in [-0.4, -0.2) is 0 Å². The Labute approximate surface area is 191 Å². The third-order valence-corrected chi connectivity index (χ3v) is 6.12. The Morgan fingerprint density at radius 2 is 1.17 bits per heavy atom. The van der Waals surface area contributed by atoms with Crippen LogP contribution in [0.15, 0.2) is 54.6 Å². The van der Waals surface area contributed by atoms with Crippen LogP contribution in [0, 0.1) is 41.3 Å². The SMILES string of the molecule is Cc1c(C)c(C)c(CN2[C]N(c3ccccc3)c3ccccc32)c(C)c1C.[Cl][Ag]. The molecule has 0 atom stereocenters. The average molecular weight is 498 g/mol. The summed E-state index contributed by atoms with van der Waals surface area (Å²) in [6, 6.07) is 19.0. The second kappa shape index (κ2) is 9.40. The summed E-state index contributed by atoms with van der Waals surface area (Å²) in [6.45, 7) is 15.6. The van der Waals surface area contributed by atoms with Crippen LogP contribution in [-0.2, 0) is 26.5 Å².